The number of thiophene rings is 1. The molecule has 0 spiro atoms. The van der Waals surface area contributed by atoms with Gasteiger partial charge in [0.15, 0.2) is 0 Å². The second-order valence-electron chi connectivity index (χ2n) is 4.42. The van der Waals surface area contributed by atoms with Gasteiger partial charge in [0.25, 0.3) is 5.56 Å². The number of fused-ring (bicyclic) bond motifs is 1. The zero-order valence-electron chi connectivity index (χ0n) is 10.6. The highest BCUT2D eigenvalue weighted by atomic mass is 32.2. The second-order valence-corrected chi connectivity index (χ2v) is 6.47. The van der Waals surface area contributed by atoms with Crippen molar-refractivity contribution in [3.8, 4) is 0 Å². The lowest BCUT2D eigenvalue weighted by Gasteiger charge is -1.98. The van der Waals surface area contributed by atoms with E-state index in [-0.39, 0.29) is 11.3 Å². The highest BCUT2D eigenvalue weighted by Gasteiger charge is 2.11. The molecule has 0 unspecified atom stereocenters. The molecule has 2 aromatic heterocycles. The van der Waals surface area contributed by atoms with Gasteiger partial charge < -0.3 is 10.1 Å². The number of carbonyl (C=O) groups is 1. The number of carboxylic acids is 1. The number of hydrogen-bond donors (Lipinski definition) is 2. The van der Waals surface area contributed by atoms with E-state index in [9.17, 15) is 9.59 Å². The largest absolute Gasteiger partial charge is 0.481 e. The molecule has 2 heterocycles. The normalized spacial score (nSPS) is 11.3. The van der Waals surface area contributed by atoms with Gasteiger partial charge in [0, 0.05) is 4.88 Å². The Balaban J connectivity index is 2.28. The van der Waals surface area contributed by atoms with Crippen LogP contribution in [-0.4, -0.2) is 26.8 Å². The van der Waals surface area contributed by atoms with Gasteiger partial charge in [-0.15, -0.1) is 23.1 Å². The Hall–Kier alpha value is -1.34. The Morgan fingerprint density at radius 3 is 2.95 bits per heavy atom. The van der Waals surface area contributed by atoms with E-state index < -0.39 is 5.97 Å². The molecule has 2 rings (SSSR count). The average molecular weight is 298 g/mol. The van der Waals surface area contributed by atoms with E-state index in [1.165, 1.54) is 23.1 Å². The van der Waals surface area contributed by atoms with Crippen molar-refractivity contribution in [3.05, 3.63) is 27.1 Å². The molecule has 0 aliphatic heterocycles. The molecule has 0 amide bonds. The van der Waals surface area contributed by atoms with Gasteiger partial charge in [0.1, 0.15) is 10.7 Å². The van der Waals surface area contributed by atoms with Crippen LogP contribution in [0.3, 0.4) is 0 Å². The smallest absolute Gasteiger partial charge is 0.313 e. The first-order chi connectivity index (χ1) is 8.97. The highest BCUT2D eigenvalue weighted by molar-refractivity contribution is 7.99. The second kappa shape index (κ2) is 5.75. The van der Waals surface area contributed by atoms with Crippen molar-refractivity contribution in [1.29, 1.82) is 0 Å². The third kappa shape index (κ3) is 3.36. The lowest BCUT2D eigenvalue weighted by molar-refractivity contribution is -0.133. The van der Waals surface area contributed by atoms with Gasteiger partial charge >= 0.3 is 5.97 Å². The molecule has 0 aromatic carbocycles. The van der Waals surface area contributed by atoms with Crippen LogP contribution < -0.4 is 5.56 Å². The van der Waals surface area contributed by atoms with Crippen molar-refractivity contribution in [1.82, 2.24) is 9.97 Å². The molecular formula is C12H14N2O3S2. The fourth-order valence-corrected chi connectivity index (χ4v) is 3.24. The van der Waals surface area contributed by atoms with Crippen LogP contribution in [0.4, 0.5) is 0 Å². The van der Waals surface area contributed by atoms with E-state index in [1.807, 2.05) is 6.07 Å². The van der Waals surface area contributed by atoms with Gasteiger partial charge in [0.05, 0.1) is 16.9 Å². The molecule has 0 atom stereocenters. The summed E-state index contributed by atoms with van der Waals surface area (Å²) in [5, 5.41) is 9.18. The van der Waals surface area contributed by atoms with E-state index in [0.717, 1.165) is 9.71 Å². The molecular weight excluding hydrogens is 284 g/mol. The number of nitrogens with one attached hydrogen (secondary N) is 1. The summed E-state index contributed by atoms with van der Waals surface area (Å²) in [7, 11) is 0. The lowest BCUT2D eigenvalue weighted by atomic mass is 10.2. The summed E-state index contributed by atoms with van der Waals surface area (Å²) in [6.07, 6.45) is 0. The molecule has 0 saturated heterocycles. The predicted molar refractivity (Wildman–Crippen MR) is 78.1 cm³/mol. The quantitative estimate of drug-likeness (QED) is 0.885. The number of aromatic nitrogens is 2. The molecule has 0 fully saturated rings. The zero-order valence-corrected chi connectivity index (χ0v) is 12.2. The first-order valence-electron chi connectivity index (χ1n) is 5.79. The minimum absolute atomic E-state index is 0.00340. The molecule has 0 saturated carbocycles. The van der Waals surface area contributed by atoms with Crippen LogP contribution in [-0.2, 0) is 10.5 Å². The Bertz CT molecular complexity index is 661. The average Bonchev–Trinajstić information content (AvgIpc) is 2.73. The van der Waals surface area contributed by atoms with Crippen molar-refractivity contribution in [2.24, 2.45) is 0 Å². The summed E-state index contributed by atoms with van der Waals surface area (Å²) < 4.78 is 0. The summed E-state index contributed by atoms with van der Waals surface area (Å²) in [5.74, 6) is 0.423. The first kappa shape index (κ1) is 14.1. The molecule has 7 heteroatoms. The van der Waals surface area contributed by atoms with Crippen LogP contribution in [0.15, 0.2) is 10.9 Å². The fraction of sp³-hybridized carbons (Fsp3) is 0.417. The van der Waals surface area contributed by atoms with E-state index >= 15 is 0 Å². The zero-order chi connectivity index (χ0) is 14.0. The number of carboxylic acid groups (broad SMARTS) is 1. The van der Waals surface area contributed by atoms with Crippen molar-refractivity contribution < 1.29 is 9.90 Å². The Kier molecular flexibility index (Phi) is 4.26. The first-order valence-corrected chi connectivity index (χ1v) is 7.76. The van der Waals surface area contributed by atoms with Gasteiger partial charge in [-0.3, -0.25) is 9.59 Å². The number of aromatic amines is 1. The van der Waals surface area contributed by atoms with E-state index in [2.05, 4.69) is 23.8 Å². The number of aliphatic carboxylic acids is 1. The maximum atomic E-state index is 11.9. The molecule has 0 aliphatic carbocycles. The van der Waals surface area contributed by atoms with Crippen molar-refractivity contribution in [2.75, 3.05) is 5.75 Å². The molecule has 19 heavy (non-hydrogen) atoms. The van der Waals surface area contributed by atoms with Crippen LogP contribution in [0, 0.1) is 0 Å². The molecule has 102 valence electrons. The molecule has 5 nitrogen and oxygen atoms in total. The molecule has 0 radical (unpaired) electrons. The number of nitrogens with zero attached hydrogens (tertiary/aromatic N) is 1. The monoisotopic (exact) mass is 298 g/mol. The van der Waals surface area contributed by atoms with Gasteiger partial charge in [-0.1, -0.05) is 13.8 Å². The number of rotatable bonds is 5. The summed E-state index contributed by atoms with van der Waals surface area (Å²) in [6, 6.07) is 1.88. The SMILES string of the molecule is CC(C)c1cc2c(=O)[nH]c(CSCC(=O)O)nc2s1. The predicted octanol–water partition coefficient (Wildman–Crippen LogP) is 2.43. The van der Waals surface area contributed by atoms with Gasteiger partial charge in [-0.25, -0.2) is 4.98 Å². The Morgan fingerprint density at radius 1 is 1.58 bits per heavy atom. The third-order valence-corrected chi connectivity index (χ3v) is 4.76. The van der Waals surface area contributed by atoms with Crippen LogP contribution in [0.2, 0.25) is 0 Å². The van der Waals surface area contributed by atoms with E-state index in [0.29, 0.717) is 22.9 Å². The standard InChI is InChI=1S/C12H14N2O3S2/c1-6(2)8-3-7-11(17)13-9(14-12(7)19-8)4-18-5-10(15)16/h3,6H,4-5H2,1-2H3,(H,15,16)(H,13,14,17). The fourth-order valence-electron chi connectivity index (χ4n) is 1.58. The molecule has 2 N–H and O–H groups in total. The topological polar surface area (TPSA) is 83.0 Å². The highest BCUT2D eigenvalue weighted by Crippen LogP contribution is 2.27. The summed E-state index contributed by atoms with van der Waals surface area (Å²) in [4.78, 5) is 31.3. The molecule has 0 bridgehead atoms. The summed E-state index contributed by atoms with van der Waals surface area (Å²) >= 11 is 2.73. The molecule has 2 aromatic rings. The van der Waals surface area contributed by atoms with E-state index in [1.54, 1.807) is 0 Å². The maximum absolute atomic E-state index is 11.9. The van der Waals surface area contributed by atoms with Gasteiger partial charge in [0.2, 0.25) is 0 Å². The molecule has 0 aliphatic rings. The van der Waals surface area contributed by atoms with Gasteiger partial charge in [-0.2, -0.15) is 0 Å². The van der Waals surface area contributed by atoms with Crippen LogP contribution >= 0.6 is 23.1 Å². The maximum Gasteiger partial charge on any atom is 0.313 e. The number of hydrogen-bond acceptors (Lipinski definition) is 5. The van der Waals surface area contributed by atoms with E-state index in [4.69, 9.17) is 5.11 Å². The number of H-pyrrole nitrogens is 1. The minimum atomic E-state index is -0.869. The minimum Gasteiger partial charge on any atom is -0.481 e. The third-order valence-electron chi connectivity index (χ3n) is 2.50. The van der Waals surface area contributed by atoms with Crippen molar-refractivity contribution >= 4 is 39.3 Å². The Labute approximate surface area is 118 Å². The summed E-state index contributed by atoms with van der Waals surface area (Å²) in [5.41, 5.74) is -0.154. The van der Waals surface area contributed by atoms with Crippen molar-refractivity contribution in [2.45, 2.75) is 25.5 Å². The number of thioether (sulfide) groups is 1. The van der Waals surface area contributed by atoms with Crippen molar-refractivity contribution in [3.63, 3.8) is 0 Å². The van der Waals surface area contributed by atoms with Crippen LogP contribution in [0.5, 0.6) is 0 Å². The Morgan fingerprint density at radius 2 is 2.32 bits per heavy atom. The van der Waals surface area contributed by atoms with Crippen LogP contribution in [0.25, 0.3) is 10.2 Å². The summed E-state index contributed by atoms with van der Waals surface area (Å²) in [6.45, 7) is 4.14. The lowest BCUT2D eigenvalue weighted by Crippen LogP contribution is -2.10. The van der Waals surface area contributed by atoms with Gasteiger partial charge in [-0.05, 0) is 12.0 Å². The van der Waals surface area contributed by atoms with Crippen LogP contribution in [0.1, 0.15) is 30.5 Å².